The molecule has 78 heavy (non-hydrogen) atoms. The fraction of sp³-hybridized carbons (Fsp3) is 0.109. The van der Waals surface area contributed by atoms with Gasteiger partial charge in [-0.3, -0.25) is 0 Å². The molecule has 4 aliphatic rings. The molecule has 2 bridgehead atoms. The first-order chi connectivity index (χ1) is 37.3. The van der Waals surface area contributed by atoms with E-state index in [1.807, 2.05) is 48.6 Å². The summed E-state index contributed by atoms with van der Waals surface area (Å²) in [6, 6.07) is 14.5. The number of hydrogen-bond donors (Lipinski definition) is 16. The molecule has 4 heterocycles. The maximum absolute atomic E-state index is 12.0. The number of fused-ring (bicyclic) bond motifs is 3. The van der Waals surface area contributed by atoms with Crippen LogP contribution in [-0.2, 0) is 22.5 Å². The van der Waals surface area contributed by atoms with E-state index in [1.54, 1.807) is 24.3 Å². The molecule has 23 heteroatoms. The lowest BCUT2D eigenvalue weighted by Gasteiger charge is -2.21. The second-order valence-corrected chi connectivity index (χ2v) is 17.5. The van der Waals surface area contributed by atoms with Crippen molar-refractivity contribution in [3.8, 4) is 74.3 Å². The first kappa shape index (κ1) is 52.4. The van der Waals surface area contributed by atoms with E-state index in [4.69, 9.17) is 19.2 Å². The molecule has 23 nitrogen and oxygen atoms in total. The Hall–Kier alpha value is -10.5. The highest BCUT2D eigenvalue weighted by molar-refractivity contribution is 6.03. The van der Waals surface area contributed by atoms with Crippen molar-refractivity contribution in [2.24, 2.45) is 0 Å². The lowest BCUT2D eigenvalue weighted by atomic mass is 9.94. The SMILES string of the molecule is C=C1Oc2c(O)c(O)c(O)c(O)c2C/C(O)=C(c2nc(/C(CO)=C3/C=C(/CO)O/C4=C(O)/C(O)=C(/O)COOc5c(O)c(O)c(O)c3c5NC4=C)nc(-c3ccc(-c4cccc(CC5=CCC=CC=C5)c4)cc3)n2)\C(O)=C/1O. The Bertz CT molecular complexity index is 3690. The molecule has 0 saturated heterocycles. The minimum atomic E-state index is -1.29. The zero-order valence-electron chi connectivity index (χ0n) is 40.4. The van der Waals surface area contributed by atoms with Gasteiger partial charge in [-0.1, -0.05) is 92.1 Å². The van der Waals surface area contributed by atoms with E-state index in [1.165, 1.54) is 0 Å². The van der Waals surface area contributed by atoms with Gasteiger partial charge in [0.1, 0.15) is 29.4 Å². The van der Waals surface area contributed by atoms with Gasteiger partial charge in [-0.25, -0.2) is 15.0 Å². The third kappa shape index (κ3) is 9.60. The predicted octanol–water partition coefficient (Wildman–Crippen LogP) is 8.03. The summed E-state index contributed by atoms with van der Waals surface area (Å²) in [5.74, 6) is -21.0. The maximum Gasteiger partial charge on any atom is 0.235 e. The summed E-state index contributed by atoms with van der Waals surface area (Å²) in [7, 11) is 0. The highest BCUT2D eigenvalue weighted by atomic mass is 17.2. The third-order valence-corrected chi connectivity index (χ3v) is 12.5. The Kier molecular flexibility index (Phi) is 14.1. The van der Waals surface area contributed by atoms with Crippen LogP contribution in [0.15, 0.2) is 161 Å². The van der Waals surface area contributed by atoms with E-state index in [2.05, 4.69) is 39.5 Å². The van der Waals surface area contributed by atoms with Crippen LogP contribution < -0.4 is 14.9 Å². The molecule has 5 aromatic rings. The number of phenolic OH excluding ortho intramolecular Hbond substituents is 7. The Balaban J connectivity index is 1.32. The fourth-order valence-electron chi connectivity index (χ4n) is 8.52. The second-order valence-electron chi connectivity index (χ2n) is 17.5. The van der Waals surface area contributed by atoms with E-state index in [0.29, 0.717) is 6.42 Å². The quantitative estimate of drug-likeness (QED) is 0.0397. The minimum absolute atomic E-state index is 0.192. The summed E-state index contributed by atoms with van der Waals surface area (Å²) >= 11 is 0. The summed E-state index contributed by atoms with van der Waals surface area (Å²) < 4.78 is 11.3. The van der Waals surface area contributed by atoms with Gasteiger partial charge in [0.25, 0.3) is 0 Å². The highest BCUT2D eigenvalue weighted by Crippen LogP contribution is 2.56. The summed E-state index contributed by atoms with van der Waals surface area (Å²) in [4.78, 5) is 24.0. The van der Waals surface area contributed by atoms with Gasteiger partial charge >= 0.3 is 0 Å². The molecule has 0 atom stereocenters. The first-order valence-electron chi connectivity index (χ1n) is 23.2. The number of aromatic nitrogens is 3. The number of phenols is 7. The van der Waals surface area contributed by atoms with Crippen LogP contribution in [0.3, 0.4) is 0 Å². The van der Waals surface area contributed by atoms with Crippen LogP contribution in [0.1, 0.15) is 34.8 Å². The summed E-state index contributed by atoms with van der Waals surface area (Å²) in [5, 5.41) is 170. The number of allylic oxidation sites excluding steroid dienone is 10. The van der Waals surface area contributed by atoms with Gasteiger partial charge in [0.15, 0.2) is 64.4 Å². The largest absolute Gasteiger partial charge is 0.511 e. The molecule has 0 saturated carbocycles. The molecular formula is C55H46N4O19. The van der Waals surface area contributed by atoms with Gasteiger partial charge in [0, 0.05) is 23.1 Å². The van der Waals surface area contributed by atoms with E-state index in [0.717, 1.165) is 34.8 Å². The van der Waals surface area contributed by atoms with Crippen molar-refractivity contribution in [2.45, 2.75) is 19.3 Å². The normalized spacial score (nSPS) is 21.0. The molecule has 0 amide bonds. The van der Waals surface area contributed by atoms with Crippen LogP contribution in [-0.4, -0.2) is 111 Å². The number of aliphatic hydroxyl groups excluding tert-OH is 8. The van der Waals surface area contributed by atoms with Crippen molar-refractivity contribution in [1.82, 2.24) is 15.0 Å². The predicted molar refractivity (Wildman–Crippen MR) is 277 cm³/mol. The fourth-order valence-corrected chi connectivity index (χ4v) is 8.52. The topological polar surface area (TPSA) is 391 Å². The molecule has 0 unspecified atom stereocenters. The minimum Gasteiger partial charge on any atom is -0.511 e. The second kappa shape index (κ2) is 21.0. The van der Waals surface area contributed by atoms with Crippen LogP contribution in [0.25, 0.3) is 39.2 Å². The number of ether oxygens (including phenoxy) is 2. The van der Waals surface area contributed by atoms with Gasteiger partial charge in [0.05, 0.1) is 23.4 Å². The number of nitrogens with zero attached hydrogens (tertiary/aromatic N) is 3. The molecule has 400 valence electrons. The van der Waals surface area contributed by atoms with Crippen molar-refractivity contribution >= 4 is 22.4 Å². The number of hydrogen-bond acceptors (Lipinski definition) is 23. The van der Waals surface area contributed by atoms with Gasteiger partial charge in [-0.05, 0) is 41.2 Å². The number of aromatic hydroxyl groups is 7. The van der Waals surface area contributed by atoms with E-state index in [-0.39, 0.29) is 11.4 Å². The first-order valence-corrected chi connectivity index (χ1v) is 23.2. The number of anilines is 1. The van der Waals surface area contributed by atoms with Crippen LogP contribution in [0, 0.1) is 0 Å². The van der Waals surface area contributed by atoms with E-state index < -0.39 is 181 Å². The third-order valence-electron chi connectivity index (χ3n) is 12.5. The lowest BCUT2D eigenvalue weighted by Crippen LogP contribution is -2.12. The molecular weight excluding hydrogens is 1020 g/mol. The molecule has 9 rings (SSSR count). The van der Waals surface area contributed by atoms with Crippen LogP contribution in [0.5, 0.6) is 51.7 Å². The van der Waals surface area contributed by atoms with E-state index in [9.17, 15) is 76.6 Å². The number of nitrogens with one attached hydrogen (secondary N) is 1. The average Bonchev–Trinajstić information content (AvgIpc) is 3.85. The van der Waals surface area contributed by atoms with Gasteiger partial charge < -0.3 is 96.3 Å². The van der Waals surface area contributed by atoms with Crippen molar-refractivity contribution in [3.05, 3.63) is 190 Å². The van der Waals surface area contributed by atoms with Gasteiger partial charge in [0.2, 0.25) is 51.8 Å². The van der Waals surface area contributed by atoms with Crippen molar-refractivity contribution in [1.29, 1.82) is 0 Å². The monoisotopic (exact) mass is 1070 g/mol. The van der Waals surface area contributed by atoms with Crippen molar-refractivity contribution in [2.75, 3.05) is 25.1 Å². The zero-order valence-corrected chi connectivity index (χ0v) is 40.4. The number of aliphatic hydroxyl groups is 8. The van der Waals surface area contributed by atoms with Gasteiger partial charge in [-0.15, -0.1) is 0 Å². The van der Waals surface area contributed by atoms with Crippen LogP contribution in [0.4, 0.5) is 5.69 Å². The molecule has 0 fully saturated rings. The number of benzene rings is 4. The van der Waals surface area contributed by atoms with Crippen LogP contribution >= 0.6 is 0 Å². The Morgan fingerprint density at radius 3 is 2.08 bits per heavy atom. The average molecular weight is 1070 g/mol. The Labute approximate surface area is 440 Å². The molecule has 0 spiro atoms. The van der Waals surface area contributed by atoms with Crippen molar-refractivity contribution < 1.29 is 95.8 Å². The Morgan fingerprint density at radius 1 is 0.654 bits per heavy atom. The molecule has 16 N–H and O–H groups in total. The molecule has 1 aliphatic carbocycles. The van der Waals surface area contributed by atoms with E-state index >= 15 is 0 Å². The summed E-state index contributed by atoms with van der Waals surface area (Å²) in [6.07, 6.45) is 11.5. The lowest BCUT2D eigenvalue weighted by molar-refractivity contribution is -0.204. The summed E-state index contributed by atoms with van der Waals surface area (Å²) in [6.45, 7) is 4.03. The standard InChI is InChI=1S/C55H46N4O19/c1-23-50-47(72)41(66)35(63)22-75-78-52-38(56-23)36(42(67)45(70)49(52)74)31(18-30(20-60)77-50)33(21-61)54-57-53(28-14-12-27(13-15-28)29-11-7-10-26(17-29)16-25-8-5-3-4-6-9-25)58-55(59-54)37-34(62)19-32-40(65)44(69)46(71)48(73)51(32)76-24(2)39(64)43(37)68/h3-5,7-15,17-18,56,60-74H,1-2,6,16,19-22H2/b30-18-,33-31-,37-34-,41-35-,43-39-,50-47-. The highest BCUT2D eigenvalue weighted by Gasteiger charge is 2.36. The molecule has 0 radical (unpaired) electrons. The maximum atomic E-state index is 12.0. The molecule has 4 aromatic carbocycles. The van der Waals surface area contributed by atoms with Gasteiger partial charge in [-0.2, -0.15) is 4.89 Å². The number of rotatable bonds is 8. The smallest absolute Gasteiger partial charge is 0.235 e. The zero-order chi connectivity index (χ0) is 55.9. The van der Waals surface area contributed by atoms with Crippen molar-refractivity contribution in [3.63, 3.8) is 0 Å². The summed E-state index contributed by atoms with van der Waals surface area (Å²) in [5.41, 5.74) is -0.372. The van der Waals surface area contributed by atoms with Crippen LogP contribution in [0.2, 0.25) is 0 Å². The molecule has 3 aliphatic heterocycles. The molecule has 1 aromatic heterocycles. The Morgan fingerprint density at radius 2 is 1.35 bits per heavy atom.